The van der Waals surface area contributed by atoms with Crippen molar-refractivity contribution in [3.63, 3.8) is 0 Å². The summed E-state index contributed by atoms with van der Waals surface area (Å²) in [7, 11) is 5.94. The molecule has 0 aromatic heterocycles. The average molecular weight is 425 g/mol. The molecule has 0 aliphatic heterocycles. The van der Waals surface area contributed by atoms with Crippen LogP contribution in [0.3, 0.4) is 0 Å². The number of rotatable bonds is 5. The fourth-order valence-electron chi connectivity index (χ4n) is 1.59. The van der Waals surface area contributed by atoms with Gasteiger partial charge in [-0.25, -0.2) is 0 Å². The van der Waals surface area contributed by atoms with Crippen molar-refractivity contribution in [3.8, 4) is 0 Å². The van der Waals surface area contributed by atoms with Gasteiger partial charge in [0.2, 0.25) is 0 Å². The number of carbonyl (C=O) groups is 1. The predicted molar refractivity (Wildman–Crippen MR) is 87.0 cm³/mol. The van der Waals surface area contributed by atoms with Crippen molar-refractivity contribution in [2.45, 2.75) is 6.42 Å². The van der Waals surface area contributed by atoms with E-state index in [0.29, 0.717) is 0 Å². The van der Waals surface area contributed by atoms with E-state index in [2.05, 4.69) is 43.4 Å². The van der Waals surface area contributed by atoms with Gasteiger partial charge in [-0.2, -0.15) is 0 Å². The molecule has 0 N–H and O–H groups in total. The van der Waals surface area contributed by atoms with Crippen LogP contribution in [0.5, 0.6) is 0 Å². The molecule has 18 heavy (non-hydrogen) atoms. The molecule has 0 radical (unpaired) electrons. The quantitative estimate of drug-likeness (QED) is 0.678. The zero-order valence-corrected chi connectivity index (χ0v) is 14.7. The van der Waals surface area contributed by atoms with Crippen LogP contribution in [0.2, 0.25) is 0 Å². The maximum absolute atomic E-state index is 12.3. The molecular weight excluding hydrogens is 407 g/mol. The van der Waals surface area contributed by atoms with Crippen LogP contribution < -0.4 is 0 Å². The largest absolute Gasteiger partial charge is 0.342 e. The van der Waals surface area contributed by atoms with Gasteiger partial charge in [0.25, 0.3) is 5.91 Å². The Balaban J connectivity index is 2.65. The summed E-state index contributed by atoms with van der Waals surface area (Å²) < 4.78 is 1.92. The van der Waals surface area contributed by atoms with Gasteiger partial charge in [0.1, 0.15) is 0 Å². The van der Waals surface area contributed by atoms with Gasteiger partial charge in [-0.1, -0.05) is 15.9 Å². The van der Waals surface area contributed by atoms with Crippen molar-refractivity contribution in [1.29, 1.82) is 0 Å². The molecule has 1 aromatic rings. The molecule has 1 aromatic carbocycles. The van der Waals surface area contributed by atoms with Crippen molar-refractivity contribution in [1.82, 2.24) is 9.80 Å². The molecule has 0 saturated heterocycles. The van der Waals surface area contributed by atoms with Gasteiger partial charge in [-0.15, -0.1) is 0 Å². The highest BCUT2D eigenvalue weighted by Crippen LogP contribution is 2.19. The number of carbonyl (C=O) groups excluding carboxylic acids is 1. The number of amides is 1. The normalized spacial score (nSPS) is 10.8. The van der Waals surface area contributed by atoms with E-state index in [9.17, 15) is 4.79 Å². The highest BCUT2D eigenvalue weighted by Gasteiger charge is 2.14. The minimum absolute atomic E-state index is 0.0828. The lowest BCUT2D eigenvalue weighted by Crippen LogP contribution is -2.30. The van der Waals surface area contributed by atoms with Crippen molar-refractivity contribution in [2.75, 3.05) is 34.2 Å². The first-order valence-electron chi connectivity index (χ1n) is 5.77. The number of hydrogen-bond acceptors (Lipinski definition) is 2. The highest BCUT2D eigenvalue weighted by atomic mass is 127. The molecular formula is C13H18BrIN2O. The van der Waals surface area contributed by atoms with Crippen LogP contribution >= 0.6 is 38.5 Å². The Hall–Kier alpha value is -0.140. The molecule has 0 aliphatic rings. The van der Waals surface area contributed by atoms with Crippen molar-refractivity contribution < 1.29 is 4.79 Å². The second kappa shape index (κ2) is 7.45. The Morgan fingerprint density at radius 3 is 2.56 bits per heavy atom. The summed E-state index contributed by atoms with van der Waals surface area (Å²) in [6, 6.07) is 5.78. The third-order valence-corrected chi connectivity index (χ3v) is 4.04. The van der Waals surface area contributed by atoms with Crippen LogP contribution in [0.25, 0.3) is 0 Å². The maximum Gasteiger partial charge on any atom is 0.254 e. The van der Waals surface area contributed by atoms with E-state index in [0.717, 1.165) is 33.1 Å². The minimum Gasteiger partial charge on any atom is -0.342 e. The van der Waals surface area contributed by atoms with Crippen LogP contribution in [0.4, 0.5) is 0 Å². The second-order valence-electron chi connectivity index (χ2n) is 4.51. The standard InChI is InChI=1S/C13H18BrIN2O/c1-16(2)7-4-8-17(3)13(18)11-9-10(14)5-6-12(11)15/h5-6,9H,4,7-8H2,1-3H3. The van der Waals surface area contributed by atoms with E-state index in [1.165, 1.54) is 0 Å². The third kappa shape index (κ3) is 4.85. The Bertz CT molecular complexity index is 423. The lowest BCUT2D eigenvalue weighted by molar-refractivity contribution is 0.0789. The van der Waals surface area contributed by atoms with E-state index >= 15 is 0 Å². The maximum atomic E-state index is 12.3. The van der Waals surface area contributed by atoms with E-state index < -0.39 is 0 Å². The lowest BCUT2D eigenvalue weighted by Gasteiger charge is -2.19. The number of hydrogen-bond donors (Lipinski definition) is 0. The Kier molecular flexibility index (Phi) is 6.59. The van der Waals surface area contributed by atoms with Gasteiger partial charge < -0.3 is 9.80 Å². The van der Waals surface area contributed by atoms with Gasteiger partial charge in [-0.3, -0.25) is 4.79 Å². The van der Waals surface area contributed by atoms with Crippen molar-refractivity contribution in [2.24, 2.45) is 0 Å². The van der Waals surface area contributed by atoms with Crippen LogP contribution in [-0.2, 0) is 0 Å². The van der Waals surface area contributed by atoms with Gasteiger partial charge in [0.15, 0.2) is 0 Å². The number of nitrogens with zero attached hydrogens (tertiary/aromatic N) is 2. The van der Waals surface area contributed by atoms with Gasteiger partial charge in [0.05, 0.1) is 5.56 Å². The summed E-state index contributed by atoms with van der Waals surface area (Å²) in [6.45, 7) is 1.77. The smallest absolute Gasteiger partial charge is 0.254 e. The lowest BCUT2D eigenvalue weighted by atomic mass is 10.2. The highest BCUT2D eigenvalue weighted by molar-refractivity contribution is 14.1. The summed E-state index contributed by atoms with van der Waals surface area (Å²) in [4.78, 5) is 16.2. The van der Waals surface area contributed by atoms with Crippen LogP contribution in [-0.4, -0.2) is 49.9 Å². The molecule has 0 unspecified atom stereocenters. The topological polar surface area (TPSA) is 23.6 Å². The molecule has 0 fully saturated rings. The molecule has 100 valence electrons. The molecule has 0 spiro atoms. The zero-order chi connectivity index (χ0) is 13.7. The SMILES string of the molecule is CN(C)CCCN(C)C(=O)c1cc(Br)ccc1I. The van der Waals surface area contributed by atoms with Crippen LogP contribution in [0.1, 0.15) is 16.8 Å². The van der Waals surface area contributed by atoms with E-state index in [4.69, 9.17) is 0 Å². The summed E-state index contributed by atoms with van der Waals surface area (Å²) in [5, 5.41) is 0. The first-order valence-corrected chi connectivity index (χ1v) is 7.64. The Labute approximate surface area is 131 Å². The van der Waals surface area contributed by atoms with E-state index in [1.807, 2.05) is 39.3 Å². The number of halogens is 2. The molecule has 1 amide bonds. The van der Waals surface area contributed by atoms with Crippen LogP contribution in [0.15, 0.2) is 22.7 Å². The molecule has 1 rings (SSSR count). The monoisotopic (exact) mass is 424 g/mol. The zero-order valence-electron chi connectivity index (χ0n) is 10.9. The summed E-state index contributed by atoms with van der Waals surface area (Å²) in [5.74, 6) is 0.0828. The third-order valence-electron chi connectivity index (χ3n) is 2.60. The average Bonchev–Trinajstić information content (AvgIpc) is 2.30. The molecule has 0 bridgehead atoms. The summed E-state index contributed by atoms with van der Waals surface area (Å²) >= 11 is 5.60. The first-order chi connectivity index (χ1) is 8.41. The van der Waals surface area contributed by atoms with E-state index in [1.54, 1.807) is 4.90 Å². The van der Waals surface area contributed by atoms with Gasteiger partial charge in [0, 0.05) is 21.6 Å². The minimum atomic E-state index is 0.0828. The van der Waals surface area contributed by atoms with E-state index in [-0.39, 0.29) is 5.91 Å². The molecule has 0 aliphatic carbocycles. The molecule has 3 nitrogen and oxygen atoms in total. The van der Waals surface area contributed by atoms with Gasteiger partial charge in [-0.05, 0) is 67.9 Å². The molecule has 0 heterocycles. The molecule has 5 heteroatoms. The van der Waals surface area contributed by atoms with Gasteiger partial charge >= 0.3 is 0 Å². The fourth-order valence-corrected chi connectivity index (χ4v) is 2.52. The predicted octanol–water partition coefficient (Wildman–Crippen LogP) is 3.08. The first kappa shape index (κ1) is 15.9. The second-order valence-corrected chi connectivity index (χ2v) is 6.59. The fraction of sp³-hybridized carbons (Fsp3) is 0.462. The number of benzene rings is 1. The molecule has 0 atom stereocenters. The summed E-state index contributed by atoms with van der Waals surface area (Å²) in [5.41, 5.74) is 0.761. The van der Waals surface area contributed by atoms with Crippen molar-refractivity contribution >= 4 is 44.4 Å². The molecule has 0 saturated carbocycles. The summed E-state index contributed by atoms with van der Waals surface area (Å²) in [6.07, 6.45) is 0.986. The van der Waals surface area contributed by atoms with Crippen molar-refractivity contribution in [3.05, 3.63) is 31.8 Å². The Morgan fingerprint density at radius 2 is 1.94 bits per heavy atom. The Morgan fingerprint density at radius 1 is 1.28 bits per heavy atom. The van der Waals surface area contributed by atoms with Crippen LogP contribution in [0, 0.1) is 3.57 Å².